The fourth-order valence-electron chi connectivity index (χ4n) is 3.99. The second kappa shape index (κ2) is 9.35. The third-order valence-electron chi connectivity index (χ3n) is 5.71. The Labute approximate surface area is 168 Å². The molecule has 1 N–H and O–H groups in total. The molecule has 28 heavy (non-hydrogen) atoms. The highest BCUT2D eigenvalue weighted by Gasteiger charge is 2.33. The first-order valence-corrected chi connectivity index (χ1v) is 11.5. The van der Waals surface area contributed by atoms with Crippen LogP contribution >= 0.6 is 0 Å². The molecule has 1 atom stereocenters. The topological polar surface area (TPSA) is 73.0 Å². The lowest BCUT2D eigenvalue weighted by Gasteiger charge is -2.32. The summed E-state index contributed by atoms with van der Waals surface area (Å²) < 4.78 is 27.3. The van der Waals surface area contributed by atoms with E-state index in [1.165, 1.54) is 41.1 Å². The van der Waals surface area contributed by atoms with Crippen molar-refractivity contribution in [3.63, 3.8) is 0 Å². The Morgan fingerprint density at radius 3 is 2.46 bits per heavy atom. The summed E-state index contributed by atoms with van der Waals surface area (Å²) in [6, 6.07) is 8.24. The summed E-state index contributed by atoms with van der Waals surface area (Å²) in [4.78, 5) is 15.2. The first-order valence-electron chi connectivity index (χ1n) is 10.1. The normalized spacial score (nSPS) is 21.9. The Morgan fingerprint density at radius 1 is 1.11 bits per heavy atom. The molecule has 156 valence electrons. The van der Waals surface area contributed by atoms with Crippen LogP contribution in [0.4, 0.5) is 0 Å². The number of amides is 1. The van der Waals surface area contributed by atoms with Crippen LogP contribution in [0, 0.1) is 5.92 Å². The summed E-state index contributed by atoms with van der Waals surface area (Å²) in [5, 5.41) is 3.04. The van der Waals surface area contributed by atoms with Gasteiger partial charge < -0.3 is 5.32 Å². The lowest BCUT2D eigenvalue weighted by atomic mass is 9.98. The van der Waals surface area contributed by atoms with Gasteiger partial charge in [-0.2, -0.15) is 17.0 Å². The molecule has 0 spiro atoms. The fourth-order valence-corrected chi connectivity index (χ4v) is 5.18. The third-order valence-corrected chi connectivity index (χ3v) is 7.61. The molecule has 2 aliphatic heterocycles. The maximum Gasteiger partial charge on any atom is 0.281 e. The van der Waals surface area contributed by atoms with Crippen LogP contribution in [-0.4, -0.2) is 68.1 Å². The van der Waals surface area contributed by atoms with E-state index < -0.39 is 10.2 Å². The highest BCUT2D eigenvalue weighted by molar-refractivity contribution is 7.86. The van der Waals surface area contributed by atoms with Crippen molar-refractivity contribution in [2.45, 2.75) is 38.8 Å². The van der Waals surface area contributed by atoms with Gasteiger partial charge in [-0.3, -0.25) is 9.69 Å². The van der Waals surface area contributed by atoms with Crippen LogP contribution in [0.15, 0.2) is 24.3 Å². The van der Waals surface area contributed by atoms with Crippen LogP contribution in [0.3, 0.4) is 0 Å². The summed E-state index contributed by atoms with van der Waals surface area (Å²) in [5.74, 6) is -0.358. The van der Waals surface area contributed by atoms with E-state index in [1.807, 2.05) is 12.1 Å². The Morgan fingerprint density at radius 2 is 1.79 bits per heavy atom. The number of likely N-dealkylation sites (tertiary alicyclic amines) is 1. The molecule has 2 fully saturated rings. The van der Waals surface area contributed by atoms with E-state index in [0.29, 0.717) is 19.5 Å². The average molecular weight is 409 g/mol. The lowest BCUT2D eigenvalue weighted by molar-refractivity contribution is -0.126. The van der Waals surface area contributed by atoms with E-state index in [-0.39, 0.29) is 18.4 Å². The highest BCUT2D eigenvalue weighted by Crippen LogP contribution is 2.21. The molecule has 0 unspecified atom stereocenters. The van der Waals surface area contributed by atoms with Crippen molar-refractivity contribution in [3.05, 3.63) is 35.4 Å². The maximum absolute atomic E-state index is 12.7. The van der Waals surface area contributed by atoms with E-state index in [0.717, 1.165) is 31.6 Å². The van der Waals surface area contributed by atoms with E-state index in [9.17, 15) is 13.2 Å². The molecule has 7 nitrogen and oxygen atoms in total. The number of hydrogen-bond donors (Lipinski definition) is 1. The lowest BCUT2D eigenvalue weighted by Crippen LogP contribution is -2.48. The minimum atomic E-state index is -3.47. The molecule has 8 heteroatoms. The van der Waals surface area contributed by atoms with Gasteiger partial charge in [-0.05, 0) is 49.9 Å². The van der Waals surface area contributed by atoms with Crippen LogP contribution in [0.5, 0.6) is 0 Å². The zero-order valence-electron chi connectivity index (χ0n) is 16.9. The van der Waals surface area contributed by atoms with Crippen molar-refractivity contribution in [3.8, 4) is 0 Å². The number of carbonyl (C=O) groups excluding carboxylic acids is 1. The van der Waals surface area contributed by atoms with Crippen LogP contribution in [0.25, 0.3) is 0 Å². The van der Waals surface area contributed by atoms with E-state index in [4.69, 9.17) is 0 Å². The Bertz CT molecular complexity index is 775. The minimum absolute atomic E-state index is 0.0605. The molecule has 2 saturated heterocycles. The van der Waals surface area contributed by atoms with Crippen molar-refractivity contribution in [2.24, 2.45) is 5.92 Å². The van der Waals surface area contributed by atoms with Crippen molar-refractivity contribution in [1.82, 2.24) is 18.8 Å². The SMILES string of the molecule is CN(C)S(=O)(=O)N1CCC[C@H](C(=O)NCc2ccccc2CN2CCCC2)C1. The van der Waals surface area contributed by atoms with Gasteiger partial charge in [0.25, 0.3) is 10.2 Å². The number of piperidine rings is 1. The Hall–Kier alpha value is -1.48. The molecule has 1 aromatic carbocycles. The molecule has 1 amide bonds. The number of nitrogens with one attached hydrogen (secondary N) is 1. The molecule has 0 aromatic heterocycles. The van der Waals surface area contributed by atoms with Gasteiger partial charge in [0, 0.05) is 40.3 Å². The van der Waals surface area contributed by atoms with E-state index in [2.05, 4.69) is 22.3 Å². The molecular weight excluding hydrogens is 376 g/mol. The summed E-state index contributed by atoms with van der Waals surface area (Å²) in [7, 11) is -0.424. The largest absolute Gasteiger partial charge is 0.352 e. The van der Waals surface area contributed by atoms with Gasteiger partial charge in [0.2, 0.25) is 5.91 Å². The number of carbonyl (C=O) groups is 1. The number of benzene rings is 1. The van der Waals surface area contributed by atoms with E-state index >= 15 is 0 Å². The van der Waals surface area contributed by atoms with E-state index in [1.54, 1.807) is 0 Å². The van der Waals surface area contributed by atoms with Crippen molar-refractivity contribution in [1.29, 1.82) is 0 Å². The molecule has 1 aromatic rings. The van der Waals surface area contributed by atoms with Crippen molar-refractivity contribution >= 4 is 16.1 Å². The molecule has 2 aliphatic rings. The third kappa shape index (κ3) is 5.11. The van der Waals surface area contributed by atoms with Gasteiger partial charge in [0.15, 0.2) is 0 Å². The van der Waals surface area contributed by atoms with Gasteiger partial charge in [0.05, 0.1) is 5.92 Å². The summed E-state index contributed by atoms with van der Waals surface area (Å²) >= 11 is 0. The summed E-state index contributed by atoms with van der Waals surface area (Å²) in [6.07, 6.45) is 3.94. The van der Waals surface area contributed by atoms with Gasteiger partial charge in [-0.25, -0.2) is 0 Å². The van der Waals surface area contributed by atoms with Gasteiger partial charge in [-0.15, -0.1) is 0 Å². The predicted octanol–water partition coefficient (Wildman–Crippen LogP) is 1.42. The Balaban J connectivity index is 1.58. The van der Waals surface area contributed by atoms with Gasteiger partial charge in [0.1, 0.15) is 0 Å². The first kappa shape index (κ1) is 21.2. The van der Waals surface area contributed by atoms with Crippen LogP contribution in [-0.2, 0) is 28.1 Å². The summed E-state index contributed by atoms with van der Waals surface area (Å²) in [5.41, 5.74) is 2.39. The smallest absolute Gasteiger partial charge is 0.281 e. The van der Waals surface area contributed by atoms with Crippen LogP contribution in [0.1, 0.15) is 36.8 Å². The zero-order chi connectivity index (χ0) is 20.1. The monoisotopic (exact) mass is 408 g/mol. The summed E-state index contributed by atoms with van der Waals surface area (Å²) in [6.45, 7) is 4.41. The standard InChI is InChI=1S/C20H32N4O3S/c1-22(2)28(26,27)24-13-7-10-19(16-24)20(25)21-14-17-8-3-4-9-18(17)15-23-11-5-6-12-23/h3-4,8-9,19H,5-7,10-16H2,1-2H3,(H,21,25)/t19-/m0/s1. The second-order valence-corrected chi connectivity index (χ2v) is 10.1. The van der Waals surface area contributed by atoms with Crippen LogP contribution in [0.2, 0.25) is 0 Å². The van der Waals surface area contributed by atoms with Gasteiger partial charge in [-0.1, -0.05) is 24.3 Å². The number of hydrogen-bond acceptors (Lipinski definition) is 4. The van der Waals surface area contributed by atoms with Crippen molar-refractivity contribution in [2.75, 3.05) is 40.3 Å². The predicted molar refractivity (Wildman–Crippen MR) is 110 cm³/mol. The average Bonchev–Trinajstić information content (AvgIpc) is 3.20. The second-order valence-electron chi connectivity index (χ2n) is 7.96. The molecule has 0 saturated carbocycles. The van der Waals surface area contributed by atoms with Crippen LogP contribution < -0.4 is 5.32 Å². The zero-order valence-corrected chi connectivity index (χ0v) is 17.7. The van der Waals surface area contributed by atoms with Gasteiger partial charge >= 0.3 is 0 Å². The molecule has 0 bridgehead atoms. The molecule has 3 rings (SSSR count). The number of nitrogens with zero attached hydrogens (tertiary/aromatic N) is 3. The quantitative estimate of drug-likeness (QED) is 0.741. The Kier molecular flexibility index (Phi) is 7.09. The molecule has 0 radical (unpaired) electrons. The first-order chi connectivity index (χ1) is 13.4. The number of rotatable bonds is 7. The molecule has 0 aliphatic carbocycles. The molecule has 2 heterocycles. The molecular formula is C20H32N4O3S. The fraction of sp³-hybridized carbons (Fsp3) is 0.650. The highest BCUT2D eigenvalue weighted by atomic mass is 32.2. The van der Waals surface area contributed by atoms with Crippen molar-refractivity contribution < 1.29 is 13.2 Å². The maximum atomic E-state index is 12.7. The minimum Gasteiger partial charge on any atom is -0.352 e.